The number of esters is 1. The van der Waals surface area contributed by atoms with Gasteiger partial charge in [-0.25, -0.2) is 4.79 Å². The molecule has 0 radical (unpaired) electrons. The summed E-state index contributed by atoms with van der Waals surface area (Å²) in [5.41, 5.74) is 0.436. The number of carbonyl (C=O) groups is 4. The molecule has 154 valence electrons. The molecular weight excluding hydrogens is 362 g/mol. The van der Waals surface area contributed by atoms with Crippen LogP contribution in [0.25, 0.3) is 0 Å². The van der Waals surface area contributed by atoms with E-state index in [0.717, 1.165) is 0 Å². The molecule has 0 aromatic heterocycles. The van der Waals surface area contributed by atoms with Gasteiger partial charge in [0.25, 0.3) is 5.91 Å². The normalized spacial score (nSPS) is 12.8. The van der Waals surface area contributed by atoms with Gasteiger partial charge in [-0.1, -0.05) is 45.9 Å². The van der Waals surface area contributed by atoms with Crippen molar-refractivity contribution in [3.05, 3.63) is 35.9 Å². The van der Waals surface area contributed by atoms with Crippen LogP contribution in [-0.2, 0) is 19.1 Å². The van der Waals surface area contributed by atoms with Gasteiger partial charge in [-0.2, -0.15) is 0 Å². The van der Waals surface area contributed by atoms with E-state index in [4.69, 9.17) is 4.74 Å². The first kappa shape index (κ1) is 23.1. The molecule has 3 N–H and O–H groups in total. The maximum Gasteiger partial charge on any atom is 0.328 e. The van der Waals surface area contributed by atoms with Crippen molar-refractivity contribution in [2.45, 2.75) is 39.8 Å². The first-order chi connectivity index (χ1) is 13.2. The van der Waals surface area contributed by atoms with Crippen molar-refractivity contribution in [2.75, 3.05) is 13.7 Å². The fraction of sp³-hybridized carbons (Fsp3) is 0.500. The predicted molar refractivity (Wildman–Crippen MR) is 104 cm³/mol. The Balaban J connectivity index is 2.67. The van der Waals surface area contributed by atoms with E-state index in [9.17, 15) is 19.2 Å². The highest BCUT2D eigenvalue weighted by molar-refractivity contribution is 5.97. The average molecular weight is 391 g/mol. The van der Waals surface area contributed by atoms with Gasteiger partial charge < -0.3 is 20.7 Å². The number of benzene rings is 1. The minimum atomic E-state index is -0.855. The Hall–Kier alpha value is -2.90. The van der Waals surface area contributed by atoms with Crippen LogP contribution in [0.2, 0.25) is 0 Å². The lowest BCUT2D eigenvalue weighted by Crippen LogP contribution is -2.56. The van der Waals surface area contributed by atoms with Crippen molar-refractivity contribution in [3.8, 4) is 0 Å². The van der Waals surface area contributed by atoms with Crippen LogP contribution >= 0.6 is 0 Å². The zero-order chi connectivity index (χ0) is 21.3. The summed E-state index contributed by atoms with van der Waals surface area (Å²) in [5, 5.41) is 7.75. The second kappa shape index (κ2) is 11.1. The van der Waals surface area contributed by atoms with E-state index >= 15 is 0 Å². The third kappa shape index (κ3) is 7.02. The molecule has 2 atom stereocenters. The number of carbonyl (C=O) groups excluding carboxylic acids is 4. The molecule has 8 nitrogen and oxygen atoms in total. The Kier molecular flexibility index (Phi) is 9.14. The van der Waals surface area contributed by atoms with Crippen LogP contribution in [0, 0.1) is 11.8 Å². The first-order valence-corrected chi connectivity index (χ1v) is 9.18. The summed E-state index contributed by atoms with van der Waals surface area (Å²) >= 11 is 0. The lowest BCUT2D eigenvalue weighted by molar-refractivity contribution is -0.146. The number of ether oxygens (including phenoxy) is 1. The maximum absolute atomic E-state index is 12.6. The lowest BCUT2D eigenvalue weighted by atomic mass is 10.00. The van der Waals surface area contributed by atoms with Crippen LogP contribution in [0.3, 0.4) is 0 Å². The molecule has 1 rings (SSSR count). The molecule has 0 aliphatic heterocycles. The largest absolute Gasteiger partial charge is 0.467 e. The summed E-state index contributed by atoms with van der Waals surface area (Å²) in [7, 11) is 1.25. The molecule has 28 heavy (non-hydrogen) atoms. The standard InChI is InChI=1S/C20H29N3O5/c1-12(2)16(19(26)23-17(13(3)4)20(27)28-5)22-15(24)11-21-18(25)14-9-7-6-8-10-14/h6-10,12-13,16-17H,11H2,1-5H3,(H,21,25)(H,22,24)(H,23,26)/t16-,17-/m0/s1. The molecule has 0 saturated heterocycles. The summed E-state index contributed by atoms with van der Waals surface area (Å²) in [6.07, 6.45) is 0. The molecule has 1 aromatic rings. The van der Waals surface area contributed by atoms with Crippen molar-refractivity contribution < 1.29 is 23.9 Å². The smallest absolute Gasteiger partial charge is 0.328 e. The summed E-state index contributed by atoms with van der Waals surface area (Å²) in [6, 6.07) is 6.84. The summed E-state index contributed by atoms with van der Waals surface area (Å²) in [5.74, 6) is -2.32. The lowest BCUT2D eigenvalue weighted by Gasteiger charge is -2.26. The Morgan fingerprint density at radius 2 is 1.46 bits per heavy atom. The summed E-state index contributed by atoms with van der Waals surface area (Å²) < 4.78 is 4.71. The molecule has 0 saturated carbocycles. The van der Waals surface area contributed by atoms with E-state index in [2.05, 4.69) is 16.0 Å². The van der Waals surface area contributed by atoms with Crippen molar-refractivity contribution in [3.63, 3.8) is 0 Å². The predicted octanol–water partition coefficient (Wildman–Crippen LogP) is 0.871. The molecule has 0 aliphatic rings. The number of nitrogens with one attached hydrogen (secondary N) is 3. The monoisotopic (exact) mass is 391 g/mol. The van der Waals surface area contributed by atoms with Crippen molar-refractivity contribution >= 4 is 23.7 Å². The van der Waals surface area contributed by atoms with Gasteiger partial charge in [-0.15, -0.1) is 0 Å². The highest BCUT2D eigenvalue weighted by Crippen LogP contribution is 2.07. The van der Waals surface area contributed by atoms with E-state index in [-0.39, 0.29) is 24.3 Å². The number of amides is 3. The van der Waals surface area contributed by atoms with Gasteiger partial charge in [0, 0.05) is 5.56 Å². The molecule has 0 fully saturated rings. The minimum Gasteiger partial charge on any atom is -0.467 e. The van der Waals surface area contributed by atoms with Gasteiger partial charge in [0.15, 0.2) is 0 Å². The van der Waals surface area contributed by atoms with Crippen LogP contribution in [-0.4, -0.2) is 49.4 Å². The summed E-state index contributed by atoms with van der Waals surface area (Å²) in [6.45, 7) is 6.84. The second-order valence-electron chi connectivity index (χ2n) is 7.09. The van der Waals surface area contributed by atoms with Gasteiger partial charge in [0.2, 0.25) is 11.8 Å². The van der Waals surface area contributed by atoms with Gasteiger partial charge in [-0.3, -0.25) is 14.4 Å². The molecule has 0 bridgehead atoms. The Morgan fingerprint density at radius 1 is 0.893 bits per heavy atom. The molecule has 0 unspecified atom stereocenters. The van der Waals surface area contributed by atoms with Crippen LogP contribution in [0.5, 0.6) is 0 Å². The van der Waals surface area contributed by atoms with Gasteiger partial charge in [0.1, 0.15) is 12.1 Å². The number of rotatable bonds is 9. The first-order valence-electron chi connectivity index (χ1n) is 9.18. The molecule has 0 spiro atoms. The van der Waals surface area contributed by atoms with Crippen LogP contribution in [0.4, 0.5) is 0 Å². The van der Waals surface area contributed by atoms with E-state index in [1.807, 2.05) is 0 Å². The van der Waals surface area contributed by atoms with E-state index < -0.39 is 29.9 Å². The van der Waals surface area contributed by atoms with E-state index in [1.54, 1.807) is 58.0 Å². The molecular formula is C20H29N3O5. The van der Waals surface area contributed by atoms with Gasteiger partial charge in [0.05, 0.1) is 13.7 Å². The van der Waals surface area contributed by atoms with Crippen LogP contribution < -0.4 is 16.0 Å². The van der Waals surface area contributed by atoms with Crippen LogP contribution in [0.15, 0.2) is 30.3 Å². The number of methoxy groups -OCH3 is 1. The van der Waals surface area contributed by atoms with Gasteiger partial charge >= 0.3 is 5.97 Å². The average Bonchev–Trinajstić information content (AvgIpc) is 2.67. The van der Waals surface area contributed by atoms with E-state index in [0.29, 0.717) is 5.56 Å². The number of hydrogen-bond donors (Lipinski definition) is 3. The maximum atomic E-state index is 12.6. The zero-order valence-corrected chi connectivity index (χ0v) is 16.9. The molecule has 1 aromatic carbocycles. The molecule has 3 amide bonds. The fourth-order valence-electron chi connectivity index (χ4n) is 2.48. The number of hydrogen-bond acceptors (Lipinski definition) is 5. The van der Waals surface area contributed by atoms with Crippen molar-refractivity contribution in [2.24, 2.45) is 11.8 Å². The Labute approximate surface area is 165 Å². The van der Waals surface area contributed by atoms with E-state index in [1.165, 1.54) is 7.11 Å². The van der Waals surface area contributed by atoms with Crippen molar-refractivity contribution in [1.82, 2.24) is 16.0 Å². The highest BCUT2D eigenvalue weighted by Gasteiger charge is 2.30. The quantitative estimate of drug-likeness (QED) is 0.541. The molecule has 0 aliphatic carbocycles. The third-order valence-electron chi connectivity index (χ3n) is 4.13. The topological polar surface area (TPSA) is 114 Å². The molecule has 8 heteroatoms. The highest BCUT2D eigenvalue weighted by atomic mass is 16.5. The fourth-order valence-corrected chi connectivity index (χ4v) is 2.48. The van der Waals surface area contributed by atoms with Crippen LogP contribution in [0.1, 0.15) is 38.1 Å². The third-order valence-corrected chi connectivity index (χ3v) is 4.13. The Morgan fingerprint density at radius 3 is 1.96 bits per heavy atom. The Bertz CT molecular complexity index is 688. The van der Waals surface area contributed by atoms with Gasteiger partial charge in [-0.05, 0) is 24.0 Å². The second-order valence-corrected chi connectivity index (χ2v) is 7.09. The SMILES string of the molecule is COC(=O)[C@@H](NC(=O)[C@@H](NC(=O)CNC(=O)c1ccccc1)C(C)C)C(C)C. The summed E-state index contributed by atoms with van der Waals surface area (Å²) in [4.78, 5) is 48.7. The minimum absolute atomic E-state index is 0.176. The molecule has 0 heterocycles. The zero-order valence-electron chi connectivity index (χ0n) is 16.9. The van der Waals surface area contributed by atoms with Crippen molar-refractivity contribution in [1.29, 1.82) is 0 Å².